The van der Waals surface area contributed by atoms with E-state index in [0.717, 1.165) is 26.5 Å². The Morgan fingerprint density at radius 1 is 1.23 bits per heavy atom. The van der Waals surface area contributed by atoms with Gasteiger partial charge in [0.15, 0.2) is 5.13 Å². The summed E-state index contributed by atoms with van der Waals surface area (Å²) in [5.41, 5.74) is 2.72. The predicted molar refractivity (Wildman–Crippen MR) is 112 cm³/mol. The second-order valence-electron chi connectivity index (χ2n) is 5.58. The van der Waals surface area contributed by atoms with Crippen molar-refractivity contribution < 1.29 is 4.79 Å². The molecule has 1 amide bonds. The molecule has 1 aromatic carbocycles. The van der Waals surface area contributed by atoms with Crippen LogP contribution in [0.15, 0.2) is 40.4 Å². The first-order chi connectivity index (χ1) is 12.6. The molecular weight excluding hydrogens is 406 g/mol. The van der Waals surface area contributed by atoms with Crippen LogP contribution in [-0.2, 0) is 11.2 Å². The van der Waals surface area contributed by atoms with Gasteiger partial charge in [-0.2, -0.15) is 11.3 Å². The highest BCUT2D eigenvalue weighted by atomic mass is 35.5. The molecule has 4 nitrogen and oxygen atoms in total. The van der Waals surface area contributed by atoms with E-state index in [2.05, 4.69) is 15.3 Å². The van der Waals surface area contributed by atoms with Gasteiger partial charge in [-0.25, -0.2) is 9.97 Å². The fourth-order valence-corrected chi connectivity index (χ4v) is 5.30. The second kappa shape index (κ2) is 7.44. The molecule has 8 heteroatoms. The molecule has 4 aromatic rings. The Morgan fingerprint density at radius 2 is 2.12 bits per heavy atom. The Labute approximate surface area is 167 Å². The summed E-state index contributed by atoms with van der Waals surface area (Å²) in [5.74, 6) is -0.000165. The van der Waals surface area contributed by atoms with Crippen LogP contribution in [0.1, 0.15) is 12.6 Å². The zero-order valence-corrected chi connectivity index (χ0v) is 17.0. The van der Waals surface area contributed by atoms with Crippen LogP contribution >= 0.6 is 45.6 Å². The average Bonchev–Trinajstić information content (AvgIpc) is 3.35. The van der Waals surface area contributed by atoms with Crippen LogP contribution in [0.3, 0.4) is 0 Å². The lowest BCUT2D eigenvalue weighted by Crippen LogP contribution is -2.31. The second-order valence-corrected chi connectivity index (χ2v) is 8.66. The molecule has 0 N–H and O–H groups in total. The summed E-state index contributed by atoms with van der Waals surface area (Å²) in [5, 5.41) is 8.34. The molecule has 0 saturated carbocycles. The van der Waals surface area contributed by atoms with Crippen molar-refractivity contribution >= 4 is 66.9 Å². The number of rotatable bonds is 5. The third-order valence-electron chi connectivity index (χ3n) is 3.84. The molecule has 0 spiro atoms. The SMILES string of the molecule is CCN(C(=O)Cc1csc(-c2ccsc2)n1)c1nc2cc(Cl)ccc2s1. The standard InChI is InChI=1S/C18H14ClN3OS3/c1-2-22(18-21-14-7-12(19)3-4-15(14)26-18)16(23)8-13-10-25-17(20-13)11-5-6-24-9-11/h3-7,9-10H,2,8H2,1H3. The van der Waals surface area contributed by atoms with Gasteiger partial charge >= 0.3 is 0 Å². The summed E-state index contributed by atoms with van der Waals surface area (Å²) in [6.45, 7) is 2.52. The highest BCUT2D eigenvalue weighted by Crippen LogP contribution is 2.31. The summed E-state index contributed by atoms with van der Waals surface area (Å²) in [6, 6.07) is 7.64. The van der Waals surface area contributed by atoms with E-state index in [1.54, 1.807) is 27.6 Å². The van der Waals surface area contributed by atoms with Gasteiger partial charge in [-0.15, -0.1) is 11.3 Å². The smallest absolute Gasteiger partial charge is 0.234 e. The van der Waals surface area contributed by atoms with E-state index < -0.39 is 0 Å². The zero-order chi connectivity index (χ0) is 18.1. The van der Waals surface area contributed by atoms with Crippen molar-refractivity contribution in [1.29, 1.82) is 0 Å². The fraction of sp³-hybridized carbons (Fsp3) is 0.167. The summed E-state index contributed by atoms with van der Waals surface area (Å²) < 4.78 is 1.02. The van der Waals surface area contributed by atoms with Gasteiger partial charge in [0.05, 0.1) is 22.3 Å². The monoisotopic (exact) mass is 419 g/mol. The predicted octanol–water partition coefficient (Wildman–Crippen LogP) is 5.73. The highest BCUT2D eigenvalue weighted by Gasteiger charge is 2.20. The number of thiazole rings is 2. The van der Waals surface area contributed by atoms with Crippen LogP contribution in [0.2, 0.25) is 5.02 Å². The van der Waals surface area contributed by atoms with Crippen LogP contribution in [0.4, 0.5) is 5.13 Å². The molecular formula is C18H14ClN3OS3. The van der Waals surface area contributed by atoms with Gasteiger partial charge < -0.3 is 0 Å². The number of hydrogen-bond donors (Lipinski definition) is 0. The number of benzene rings is 1. The Morgan fingerprint density at radius 3 is 2.88 bits per heavy atom. The molecule has 0 radical (unpaired) electrons. The van der Waals surface area contributed by atoms with E-state index in [4.69, 9.17) is 11.6 Å². The van der Waals surface area contributed by atoms with Crippen LogP contribution < -0.4 is 4.90 Å². The van der Waals surface area contributed by atoms with Gasteiger partial charge in [0, 0.05) is 27.9 Å². The molecule has 0 bridgehead atoms. The zero-order valence-electron chi connectivity index (χ0n) is 13.8. The molecule has 26 heavy (non-hydrogen) atoms. The Hall–Kier alpha value is -1.80. The van der Waals surface area contributed by atoms with Gasteiger partial charge in [0.25, 0.3) is 0 Å². The summed E-state index contributed by atoms with van der Waals surface area (Å²) >= 11 is 10.7. The number of amides is 1. The van der Waals surface area contributed by atoms with Gasteiger partial charge in [-0.1, -0.05) is 22.9 Å². The molecule has 0 saturated heterocycles. The Bertz CT molecular complexity index is 1050. The van der Waals surface area contributed by atoms with E-state index in [-0.39, 0.29) is 12.3 Å². The molecule has 0 aliphatic carbocycles. The van der Waals surface area contributed by atoms with Crippen molar-refractivity contribution in [2.75, 3.05) is 11.4 Å². The van der Waals surface area contributed by atoms with Crippen LogP contribution in [0.5, 0.6) is 0 Å². The van der Waals surface area contributed by atoms with Crippen molar-refractivity contribution in [1.82, 2.24) is 9.97 Å². The first-order valence-corrected chi connectivity index (χ1v) is 11.0. The van der Waals surface area contributed by atoms with Crippen molar-refractivity contribution in [2.45, 2.75) is 13.3 Å². The number of nitrogens with zero attached hydrogens (tertiary/aromatic N) is 3. The molecule has 0 aliphatic rings. The van der Waals surface area contributed by atoms with E-state index in [1.807, 2.05) is 41.9 Å². The number of thiophene rings is 1. The molecule has 132 valence electrons. The molecule has 0 aliphatic heterocycles. The lowest BCUT2D eigenvalue weighted by atomic mass is 10.3. The molecule has 3 heterocycles. The molecule has 3 aromatic heterocycles. The van der Waals surface area contributed by atoms with Crippen LogP contribution in [0.25, 0.3) is 20.8 Å². The number of likely N-dealkylation sites (N-methyl/N-ethyl adjacent to an activating group) is 1. The number of fused-ring (bicyclic) bond motifs is 1. The minimum atomic E-state index is -0.000165. The highest BCUT2D eigenvalue weighted by molar-refractivity contribution is 7.22. The number of anilines is 1. The van der Waals surface area contributed by atoms with Crippen molar-refractivity contribution in [3.63, 3.8) is 0 Å². The maximum Gasteiger partial charge on any atom is 0.234 e. The minimum Gasteiger partial charge on any atom is -0.288 e. The number of aromatic nitrogens is 2. The lowest BCUT2D eigenvalue weighted by Gasteiger charge is -2.16. The largest absolute Gasteiger partial charge is 0.288 e. The van der Waals surface area contributed by atoms with E-state index in [9.17, 15) is 4.79 Å². The summed E-state index contributed by atoms with van der Waals surface area (Å²) in [6.07, 6.45) is 0.269. The molecule has 4 rings (SSSR count). The fourth-order valence-electron chi connectivity index (χ4n) is 2.58. The van der Waals surface area contributed by atoms with Gasteiger partial charge in [0.1, 0.15) is 5.01 Å². The maximum atomic E-state index is 12.8. The van der Waals surface area contributed by atoms with Gasteiger partial charge in [-0.05, 0) is 36.6 Å². The third kappa shape index (κ3) is 3.53. The first-order valence-electron chi connectivity index (χ1n) is 7.97. The Kier molecular flexibility index (Phi) is 5.04. The molecule has 0 fully saturated rings. The lowest BCUT2D eigenvalue weighted by molar-refractivity contribution is -0.118. The summed E-state index contributed by atoms with van der Waals surface area (Å²) in [4.78, 5) is 23.7. The van der Waals surface area contributed by atoms with E-state index in [1.165, 1.54) is 11.3 Å². The van der Waals surface area contributed by atoms with Crippen molar-refractivity contribution in [3.8, 4) is 10.6 Å². The normalized spacial score (nSPS) is 11.2. The third-order valence-corrected chi connectivity index (χ3v) is 6.76. The van der Waals surface area contributed by atoms with E-state index in [0.29, 0.717) is 16.7 Å². The number of carbonyl (C=O) groups is 1. The van der Waals surface area contributed by atoms with E-state index >= 15 is 0 Å². The first kappa shape index (κ1) is 17.6. The average molecular weight is 420 g/mol. The van der Waals surface area contributed by atoms with Crippen molar-refractivity contribution in [3.05, 3.63) is 51.1 Å². The number of halogens is 1. The quantitative estimate of drug-likeness (QED) is 0.415. The van der Waals surface area contributed by atoms with Crippen molar-refractivity contribution in [2.24, 2.45) is 0 Å². The topological polar surface area (TPSA) is 46.1 Å². The van der Waals surface area contributed by atoms with Crippen LogP contribution in [0, 0.1) is 0 Å². The van der Waals surface area contributed by atoms with Gasteiger partial charge in [0.2, 0.25) is 5.91 Å². The Balaban J connectivity index is 1.55. The summed E-state index contributed by atoms with van der Waals surface area (Å²) in [7, 11) is 0. The number of hydrogen-bond acceptors (Lipinski definition) is 6. The molecule has 0 atom stereocenters. The number of carbonyl (C=O) groups excluding carboxylic acids is 1. The minimum absolute atomic E-state index is 0.000165. The molecule has 0 unspecified atom stereocenters. The van der Waals surface area contributed by atoms with Gasteiger partial charge in [-0.3, -0.25) is 9.69 Å². The van der Waals surface area contributed by atoms with Crippen LogP contribution in [-0.4, -0.2) is 22.4 Å². The maximum absolute atomic E-state index is 12.8.